The largest absolute Gasteiger partial charge is 0.384 e. The van der Waals surface area contributed by atoms with E-state index in [4.69, 9.17) is 4.74 Å². The van der Waals surface area contributed by atoms with Gasteiger partial charge in [-0.1, -0.05) is 0 Å². The van der Waals surface area contributed by atoms with Gasteiger partial charge in [-0.2, -0.15) is 0 Å². The van der Waals surface area contributed by atoms with Gasteiger partial charge in [-0.25, -0.2) is 0 Å². The number of hydrogen-bond donors (Lipinski definition) is 0. The zero-order chi connectivity index (χ0) is 14.0. The Hall–Kier alpha value is -0.160. The Balaban J connectivity index is 1.41. The molecule has 0 atom stereocenters. The fourth-order valence-corrected chi connectivity index (χ4v) is 3.94. The molecule has 0 bridgehead atoms. The smallest absolute Gasteiger partial charge is 0.0530 e. The van der Waals surface area contributed by atoms with Crippen LogP contribution >= 0.6 is 0 Å². The van der Waals surface area contributed by atoms with Gasteiger partial charge in [0.25, 0.3) is 0 Å². The summed E-state index contributed by atoms with van der Waals surface area (Å²) in [5, 5.41) is 0. The third kappa shape index (κ3) is 3.53. The van der Waals surface area contributed by atoms with Gasteiger partial charge in [0.15, 0.2) is 0 Å². The highest BCUT2D eigenvalue weighted by molar-refractivity contribution is 4.96. The minimum absolute atomic E-state index is 0.523. The molecule has 2 aliphatic heterocycles. The van der Waals surface area contributed by atoms with Crippen LogP contribution in [0, 0.1) is 5.41 Å². The number of ether oxygens (including phenoxy) is 1. The molecule has 3 aliphatic rings. The van der Waals surface area contributed by atoms with Crippen molar-refractivity contribution in [3.8, 4) is 0 Å². The van der Waals surface area contributed by atoms with Crippen molar-refractivity contribution in [1.82, 2.24) is 14.7 Å². The Bertz CT molecular complexity index is 303. The van der Waals surface area contributed by atoms with Gasteiger partial charge < -0.3 is 14.5 Å². The molecule has 1 saturated carbocycles. The first kappa shape index (κ1) is 14.8. The van der Waals surface area contributed by atoms with E-state index in [9.17, 15) is 0 Å². The quantitative estimate of drug-likeness (QED) is 0.752. The van der Waals surface area contributed by atoms with Crippen LogP contribution in [-0.2, 0) is 4.74 Å². The highest BCUT2D eigenvalue weighted by Gasteiger charge is 2.44. The molecule has 3 rings (SSSR count). The second-order valence-electron chi connectivity index (χ2n) is 7.28. The van der Waals surface area contributed by atoms with E-state index in [1.807, 2.05) is 7.11 Å². The number of hydrogen-bond acceptors (Lipinski definition) is 4. The lowest BCUT2D eigenvalue weighted by atomic mass is 10.00. The topological polar surface area (TPSA) is 19.0 Å². The van der Waals surface area contributed by atoms with E-state index in [0.717, 1.165) is 12.6 Å². The van der Waals surface area contributed by atoms with Gasteiger partial charge in [0.1, 0.15) is 0 Å². The number of likely N-dealkylation sites (tertiary alicyclic amines) is 1. The molecule has 4 nitrogen and oxygen atoms in total. The first-order valence-corrected chi connectivity index (χ1v) is 8.35. The molecule has 4 heteroatoms. The van der Waals surface area contributed by atoms with E-state index in [0.29, 0.717) is 5.41 Å². The highest BCUT2D eigenvalue weighted by atomic mass is 16.5. The number of piperazine rings is 1. The molecule has 0 aromatic carbocycles. The number of methoxy groups -OCH3 is 1. The monoisotopic (exact) mass is 281 g/mol. The molecule has 20 heavy (non-hydrogen) atoms. The molecule has 0 spiro atoms. The number of likely N-dealkylation sites (N-methyl/N-ethyl adjacent to an activating group) is 1. The van der Waals surface area contributed by atoms with Crippen LogP contribution < -0.4 is 0 Å². The van der Waals surface area contributed by atoms with Gasteiger partial charge in [0.2, 0.25) is 0 Å². The fraction of sp³-hybridized carbons (Fsp3) is 1.00. The summed E-state index contributed by atoms with van der Waals surface area (Å²) in [5.41, 5.74) is 0.523. The Morgan fingerprint density at radius 2 is 1.65 bits per heavy atom. The summed E-state index contributed by atoms with van der Waals surface area (Å²) in [6, 6.07) is 0.845. The van der Waals surface area contributed by atoms with Crippen LogP contribution in [0.5, 0.6) is 0 Å². The first-order chi connectivity index (χ1) is 9.71. The van der Waals surface area contributed by atoms with Crippen molar-refractivity contribution in [2.24, 2.45) is 5.41 Å². The molecular formula is C16H31N3O. The van der Waals surface area contributed by atoms with E-state index in [-0.39, 0.29) is 0 Å². The Kier molecular flexibility index (Phi) is 4.65. The zero-order valence-corrected chi connectivity index (χ0v) is 13.3. The van der Waals surface area contributed by atoms with Gasteiger partial charge in [0, 0.05) is 51.3 Å². The molecule has 0 radical (unpaired) electrons. The van der Waals surface area contributed by atoms with E-state index < -0.39 is 0 Å². The van der Waals surface area contributed by atoms with Gasteiger partial charge in [-0.3, -0.25) is 4.90 Å². The third-order valence-electron chi connectivity index (χ3n) is 5.58. The fourth-order valence-electron chi connectivity index (χ4n) is 3.94. The summed E-state index contributed by atoms with van der Waals surface area (Å²) in [5.74, 6) is 0. The maximum absolute atomic E-state index is 5.40. The number of nitrogens with zero attached hydrogens (tertiary/aromatic N) is 3. The van der Waals surface area contributed by atoms with Crippen LogP contribution in [0.4, 0.5) is 0 Å². The number of rotatable bonds is 5. The molecule has 0 unspecified atom stereocenters. The van der Waals surface area contributed by atoms with Crippen molar-refractivity contribution in [3.63, 3.8) is 0 Å². The van der Waals surface area contributed by atoms with Crippen LogP contribution in [-0.4, -0.2) is 87.3 Å². The highest BCUT2D eigenvalue weighted by Crippen LogP contribution is 2.46. The summed E-state index contributed by atoms with van der Waals surface area (Å²) >= 11 is 0. The lowest BCUT2D eigenvalue weighted by molar-refractivity contribution is 0.0510. The number of piperidine rings is 1. The summed E-state index contributed by atoms with van der Waals surface area (Å²) < 4.78 is 5.40. The molecule has 3 fully saturated rings. The van der Waals surface area contributed by atoms with E-state index in [2.05, 4.69) is 21.7 Å². The molecule has 2 heterocycles. The summed E-state index contributed by atoms with van der Waals surface area (Å²) in [7, 11) is 4.09. The van der Waals surface area contributed by atoms with Crippen molar-refractivity contribution in [1.29, 1.82) is 0 Å². The van der Waals surface area contributed by atoms with Crippen molar-refractivity contribution < 1.29 is 4.74 Å². The second kappa shape index (κ2) is 6.30. The second-order valence-corrected chi connectivity index (χ2v) is 7.28. The zero-order valence-electron chi connectivity index (χ0n) is 13.3. The molecular weight excluding hydrogens is 250 g/mol. The maximum atomic E-state index is 5.40. The lowest BCUT2D eigenvalue weighted by Crippen LogP contribution is -2.52. The van der Waals surface area contributed by atoms with Crippen molar-refractivity contribution in [2.45, 2.75) is 31.7 Å². The van der Waals surface area contributed by atoms with Crippen molar-refractivity contribution in [2.75, 3.05) is 66.6 Å². The normalized spacial score (nSPS) is 29.7. The van der Waals surface area contributed by atoms with Gasteiger partial charge in [-0.15, -0.1) is 0 Å². The average molecular weight is 281 g/mol. The summed E-state index contributed by atoms with van der Waals surface area (Å²) in [6.07, 6.45) is 5.48. The minimum Gasteiger partial charge on any atom is -0.384 e. The van der Waals surface area contributed by atoms with Gasteiger partial charge >= 0.3 is 0 Å². The SMILES string of the molecule is COCC1(CN2CCC(N3CCN(C)CC3)CC2)CC1. The van der Waals surface area contributed by atoms with Crippen LogP contribution in [0.2, 0.25) is 0 Å². The maximum Gasteiger partial charge on any atom is 0.0530 e. The molecule has 0 aromatic rings. The molecule has 116 valence electrons. The van der Waals surface area contributed by atoms with Gasteiger partial charge in [0.05, 0.1) is 6.61 Å². The molecule has 0 N–H and O–H groups in total. The minimum atomic E-state index is 0.523. The van der Waals surface area contributed by atoms with Crippen molar-refractivity contribution >= 4 is 0 Å². The summed E-state index contributed by atoms with van der Waals surface area (Å²) in [6.45, 7) is 9.87. The van der Waals surface area contributed by atoms with Crippen molar-refractivity contribution in [3.05, 3.63) is 0 Å². The Morgan fingerprint density at radius 3 is 2.20 bits per heavy atom. The molecule has 0 amide bonds. The predicted octanol–water partition coefficient (Wildman–Crippen LogP) is 1.12. The van der Waals surface area contributed by atoms with E-state index >= 15 is 0 Å². The van der Waals surface area contributed by atoms with Gasteiger partial charge in [-0.05, 0) is 45.8 Å². The van der Waals surface area contributed by atoms with Crippen LogP contribution in [0.3, 0.4) is 0 Å². The standard InChI is InChI=1S/C16H31N3O/c1-17-9-11-19(12-10-17)15-3-7-18(8-4-15)13-16(5-6-16)14-20-2/h15H,3-14H2,1-2H3. The van der Waals surface area contributed by atoms with E-state index in [1.165, 1.54) is 71.5 Å². The Morgan fingerprint density at radius 1 is 1.00 bits per heavy atom. The van der Waals surface area contributed by atoms with Crippen LogP contribution in [0.25, 0.3) is 0 Å². The lowest BCUT2D eigenvalue weighted by Gasteiger charge is -2.42. The van der Waals surface area contributed by atoms with E-state index in [1.54, 1.807) is 0 Å². The molecule has 1 aliphatic carbocycles. The van der Waals surface area contributed by atoms with Crippen LogP contribution in [0.1, 0.15) is 25.7 Å². The predicted molar refractivity (Wildman–Crippen MR) is 82.1 cm³/mol. The molecule has 0 aromatic heterocycles. The average Bonchev–Trinajstić information content (AvgIpc) is 3.21. The third-order valence-corrected chi connectivity index (χ3v) is 5.58. The first-order valence-electron chi connectivity index (χ1n) is 8.35. The van der Waals surface area contributed by atoms with Crippen LogP contribution in [0.15, 0.2) is 0 Å². The Labute approximate surface area is 124 Å². The molecule has 2 saturated heterocycles. The summed E-state index contributed by atoms with van der Waals surface area (Å²) in [4.78, 5) is 7.88.